The molecule has 1 heterocycles. The molecule has 2 N–H and O–H groups in total. The first kappa shape index (κ1) is 27.1. The van der Waals surface area contributed by atoms with Gasteiger partial charge in [-0.1, -0.05) is 94.5 Å². The van der Waals surface area contributed by atoms with E-state index >= 15 is 0 Å². The minimum Gasteiger partial charge on any atom is -0.392 e. The van der Waals surface area contributed by atoms with Crippen LogP contribution in [-0.4, -0.2) is 41.4 Å². The van der Waals surface area contributed by atoms with Gasteiger partial charge in [0.05, 0.1) is 23.4 Å². The van der Waals surface area contributed by atoms with Crippen molar-refractivity contribution < 1.29 is 14.7 Å². The molecule has 1 aliphatic heterocycles. The highest BCUT2D eigenvalue weighted by Gasteiger charge is 2.37. The second kappa shape index (κ2) is 13.0. The molecule has 1 unspecified atom stereocenters. The summed E-state index contributed by atoms with van der Waals surface area (Å²) in [5.41, 5.74) is 3.64. The molecule has 4 rings (SSSR count). The summed E-state index contributed by atoms with van der Waals surface area (Å²) in [6.07, 6.45) is 5.95. The molecular formula is C31H41N3O3. The van der Waals surface area contributed by atoms with Crippen LogP contribution in [0.25, 0.3) is 0 Å². The number of aliphatic hydroxyl groups is 1. The molecule has 2 aromatic rings. The highest BCUT2D eigenvalue weighted by atomic mass is 16.3. The van der Waals surface area contributed by atoms with Gasteiger partial charge < -0.3 is 15.3 Å². The smallest absolute Gasteiger partial charge is 0.272 e. The summed E-state index contributed by atoms with van der Waals surface area (Å²) in [5, 5.41) is 13.9. The fourth-order valence-electron chi connectivity index (χ4n) is 5.08. The zero-order valence-corrected chi connectivity index (χ0v) is 22.2. The first-order chi connectivity index (χ1) is 18.0. The lowest BCUT2D eigenvalue weighted by molar-refractivity contribution is -0.133. The van der Waals surface area contributed by atoms with E-state index in [0.717, 1.165) is 61.1 Å². The van der Waals surface area contributed by atoms with Crippen molar-refractivity contribution in [3.63, 3.8) is 0 Å². The predicted octanol–water partition coefficient (Wildman–Crippen LogP) is 5.27. The number of nitrogens with one attached hydrogen (secondary N) is 1. The zero-order chi connectivity index (χ0) is 26.2. The number of rotatable bonds is 13. The second-order valence-electron chi connectivity index (χ2n) is 10.5. The van der Waals surface area contributed by atoms with Crippen LogP contribution in [0, 0.1) is 11.8 Å². The molecule has 37 heavy (non-hydrogen) atoms. The Morgan fingerprint density at radius 3 is 2.46 bits per heavy atom. The van der Waals surface area contributed by atoms with Gasteiger partial charge in [-0.05, 0) is 36.8 Å². The van der Waals surface area contributed by atoms with Crippen LogP contribution in [0.4, 0.5) is 5.69 Å². The number of nitrogens with zero attached hydrogens (tertiary/aromatic N) is 2. The van der Waals surface area contributed by atoms with Crippen molar-refractivity contribution in [2.75, 3.05) is 11.4 Å². The lowest BCUT2D eigenvalue weighted by atomic mass is 9.91. The van der Waals surface area contributed by atoms with Crippen molar-refractivity contribution in [1.29, 1.82) is 0 Å². The van der Waals surface area contributed by atoms with Gasteiger partial charge in [0.2, 0.25) is 12.1 Å². The Bertz CT molecular complexity index is 1080. The number of amides is 2. The van der Waals surface area contributed by atoms with Gasteiger partial charge >= 0.3 is 0 Å². The summed E-state index contributed by atoms with van der Waals surface area (Å²) in [4.78, 5) is 34.2. The van der Waals surface area contributed by atoms with Crippen molar-refractivity contribution >= 4 is 23.2 Å². The van der Waals surface area contributed by atoms with E-state index in [-0.39, 0.29) is 11.8 Å². The molecule has 1 saturated carbocycles. The fourth-order valence-corrected chi connectivity index (χ4v) is 5.08. The van der Waals surface area contributed by atoms with Gasteiger partial charge in [-0.25, -0.2) is 0 Å². The summed E-state index contributed by atoms with van der Waals surface area (Å²) in [5.74, 6) is -0.516. The maximum Gasteiger partial charge on any atom is 0.272 e. The van der Waals surface area contributed by atoms with E-state index in [1.165, 1.54) is 0 Å². The van der Waals surface area contributed by atoms with Gasteiger partial charge in [0, 0.05) is 18.5 Å². The number of anilines is 1. The Hall–Kier alpha value is -2.99. The molecule has 3 atom stereocenters. The lowest BCUT2D eigenvalue weighted by Gasteiger charge is -2.27. The Morgan fingerprint density at radius 2 is 1.76 bits per heavy atom. The summed E-state index contributed by atoms with van der Waals surface area (Å²) in [7, 11) is 0. The summed E-state index contributed by atoms with van der Waals surface area (Å²) >= 11 is 0. The van der Waals surface area contributed by atoms with Crippen molar-refractivity contribution in [2.45, 2.75) is 83.9 Å². The molecule has 1 fully saturated rings. The molecule has 6 nitrogen and oxygen atoms in total. The number of benzodiazepines with no additional fused rings is 1. The number of para-hydroxylation sites is 1. The monoisotopic (exact) mass is 503 g/mol. The van der Waals surface area contributed by atoms with E-state index in [2.05, 4.69) is 31.3 Å². The van der Waals surface area contributed by atoms with E-state index in [9.17, 15) is 14.7 Å². The normalized spacial score (nSPS) is 19.0. The number of benzene rings is 2. The van der Waals surface area contributed by atoms with Gasteiger partial charge in [-0.15, -0.1) is 0 Å². The van der Waals surface area contributed by atoms with Crippen LogP contribution < -0.4 is 10.2 Å². The highest BCUT2D eigenvalue weighted by molar-refractivity contribution is 6.13. The van der Waals surface area contributed by atoms with Gasteiger partial charge in [-0.2, -0.15) is 0 Å². The first-order valence-electron chi connectivity index (χ1n) is 14.0. The third-order valence-electron chi connectivity index (χ3n) is 7.46. The number of fused-ring (bicyclic) bond motifs is 1. The van der Waals surface area contributed by atoms with Crippen LogP contribution in [0.15, 0.2) is 59.6 Å². The molecular weight excluding hydrogens is 462 g/mol. The van der Waals surface area contributed by atoms with Crippen molar-refractivity contribution in [3.05, 3.63) is 65.7 Å². The molecule has 0 aromatic heterocycles. The Morgan fingerprint density at radius 1 is 1.05 bits per heavy atom. The van der Waals surface area contributed by atoms with E-state index in [0.29, 0.717) is 31.7 Å². The first-order valence-corrected chi connectivity index (χ1v) is 14.0. The average Bonchev–Trinajstić information content (AvgIpc) is 3.75. The zero-order valence-electron chi connectivity index (χ0n) is 22.2. The highest BCUT2D eigenvalue weighted by Crippen LogP contribution is 2.37. The van der Waals surface area contributed by atoms with Crippen LogP contribution in [0.5, 0.6) is 0 Å². The Kier molecular flexibility index (Phi) is 9.51. The Balaban J connectivity index is 1.66. The third-order valence-corrected chi connectivity index (χ3v) is 7.46. The maximum absolute atomic E-state index is 13.9. The average molecular weight is 504 g/mol. The fraction of sp³-hybridized carbons (Fsp3) is 0.516. The summed E-state index contributed by atoms with van der Waals surface area (Å²) in [6.45, 7) is 4.75. The molecule has 0 saturated heterocycles. The molecule has 2 amide bonds. The maximum atomic E-state index is 13.9. The number of carbonyl (C=O) groups is 2. The standard InChI is InChI=1S/C31H41N3O3/c1-3-5-16-28(35)25(20-23-17-18-23)30(36)33-29-31(37)34(19-6-4-2)27-15-11-10-14-24(27)26(32-29)21-22-12-8-7-9-13-22/h7-15,23,25,28-29,35H,3-6,16-21H2,1-2H3,(H,33,36)/t25-,28+,29?/m1/s1. The molecule has 0 bridgehead atoms. The number of hydrogen-bond acceptors (Lipinski definition) is 4. The van der Waals surface area contributed by atoms with E-state index < -0.39 is 18.2 Å². The van der Waals surface area contributed by atoms with Gasteiger partial charge in [-0.3, -0.25) is 14.6 Å². The van der Waals surface area contributed by atoms with Crippen LogP contribution in [-0.2, 0) is 16.0 Å². The van der Waals surface area contributed by atoms with E-state index in [1.54, 1.807) is 4.90 Å². The number of aliphatic imine (C=N–C) groups is 1. The number of hydrogen-bond donors (Lipinski definition) is 2. The second-order valence-corrected chi connectivity index (χ2v) is 10.5. The van der Waals surface area contributed by atoms with Crippen LogP contribution in [0.3, 0.4) is 0 Å². The quantitative estimate of drug-likeness (QED) is 0.390. The molecule has 198 valence electrons. The predicted molar refractivity (Wildman–Crippen MR) is 149 cm³/mol. The van der Waals surface area contributed by atoms with Crippen molar-refractivity contribution in [1.82, 2.24) is 5.32 Å². The molecule has 2 aliphatic rings. The molecule has 1 aliphatic carbocycles. The van der Waals surface area contributed by atoms with Gasteiger partial charge in [0.1, 0.15) is 0 Å². The number of carbonyl (C=O) groups excluding carboxylic acids is 2. The van der Waals surface area contributed by atoms with Crippen LogP contribution >= 0.6 is 0 Å². The van der Waals surface area contributed by atoms with E-state index in [1.807, 2.05) is 42.5 Å². The third kappa shape index (κ3) is 7.07. The summed E-state index contributed by atoms with van der Waals surface area (Å²) in [6, 6.07) is 18.0. The van der Waals surface area contributed by atoms with Gasteiger partial charge in [0.25, 0.3) is 5.91 Å². The minimum absolute atomic E-state index is 0.217. The van der Waals surface area contributed by atoms with Gasteiger partial charge in [0.15, 0.2) is 0 Å². The topological polar surface area (TPSA) is 82.0 Å². The number of aliphatic hydroxyl groups excluding tert-OH is 1. The SMILES string of the molecule is CCCC[C@H](O)[C@@H](CC1CC1)C(=O)NC1N=C(Cc2ccccc2)c2ccccc2N(CCCC)C1=O. The van der Waals surface area contributed by atoms with E-state index in [4.69, 9.17) is 4.99 Å². The van der Waals surface area contributed by atoms with Crippen LogP contribution in [0.2, 0.25) is 0 Å². The molecule has 0 spiro atoms. The molecule has 0 radical (unpaired) electrons. The molecule has 2 aromatic carbocycles. The van der Waals surface area contributed by atoms with Crippen LogP contribution in [0.1, 0.15) is 76.3 Å². The summed E-state index contributed by atoms with van der Waals surface area (Å²) < 4.78 is 0. The Labute approximate surface area is 221 Å². The minimum atomic E-state index is -1.02. The van der Waals surface area contributed by atoms with Crippen molar-refractivity contribution in [2.24, 2.45) is 16.8 Å². The van der Waals surface area contributed by atoms with Crippen molar-refractivity contribution in [3.8, 4) is 0 Å². The largest absolute Gasteiger partial charge is 0.392 e. The number of unbranched alkanes of at least 4 members (excludes halogenated alkanes) is 2. The lowest BCUT2D eigenvalue weighted by Crippen LogP contribution is -2.50. The molecule has 6 heteroatoms.